The molecule has 1 aromatic heterocycles. The summed E-state index contributed by atoms with van der Waals surface area (Å²) in [4.78, 5) is 2.95. The van der Waals surface area contributed by atoms with E-state index in [1.807, 2.05) is 0 Å². The van der Waals surface area contributed by atoms with Crippen LogP contribution in [0.25, 0.3) is 10.9 Å². The number of hydrogen-bond donors (Lipinski definition) is 2. The molecule has 0 bridgehead atoms. The fourth-order valence-corrected chi connectivity index (χ4v) is 3.34. The second-order valence-electron chi connectivity index (χ2n) is 5.18. The average molecular weight is 347 g/mol. The molecule has 1 saturated heterocycles. The van der Waals surface area contributed by atoms with Crippen LogP contribution < -0.4 is 5.32 Å². The molecular weight excluding hydrogens is 333 g/mol. The molecule has 1 aliphatic rings. The van der Waals surface area contributed by atoms with Gasteiger partial charge in [0.15, 0.2) is 0 Å². The first-order valence-electron chi connectivity index (χ1n) is 6.53. The highest BCUT2D eigenvalue weighted by Gasteiger charge is 2.56. The maximum Gasteiger partial charge on any atom is 0.410 e. The van der Waals surface area contributed by atoms with Gasteiger partial charge in [0.1, 0.15) is 5.54 Å². The number of halogens is 4. The maximum absolute atomic E-state index is 13.7. The van der Waals surface area contributed by atoms with E-state index >= 15 is 0 Å². The molecule has 1 aliphatic heterocycles. The Morgan fingerprint density at radius 1 is 1.20 bits per heavy atom. The third-order valence-electron chi connectivity index (χ3n) is 3.99. The molecule has 2 nitrogen and oxygen atoms in total. The van der Waals surface area contributed by atoms with Crippen molar-refractivity contribution < 1.29 is 13.2 Å². The standard InChI is InChI=1S/C14H14BrF3N2/c15-9-3-4-10-11(8-19-12(10)7-9)13(14(16,17)18)5-1-2-6-20-13/h3-4,7-8,19-20H,1-2,5-6H2. The predicted molar refractivity (Wildman–Crippen MR) is 75.6 cm³/mol. The van der Waals surface area contributed by atoms with Crippen LogP contribution in [0.3, 0.4) is 0 Å². The number of nitrogens with one attached hydrogen (secondary N) is 2. The van der Waals surface area contributed by atoms with Crippen molar-refractivity contribution in [3.05, 3.63) is 34.4 Å². The summed E-state index contributed by atoms with van der Waals surface area (Å²) in [5, 5.41) is 3.35. The van der Waals surface area contributed by atoms with E-state index in [1.54, 1.807) is 18.2 Å². The van der Waals surface area contributed by atoms with E-state index in [0.717, 1.165) is 10.9 Å². The highest BCUT2D eigenvalue weighted by atomic mass is 79.9. The van der Waals surface area contributed by atoms with Gasteiger partial charge >= 0.3 is 6.18 Å². The number of aromatic nitrogens is 1. The van der Waals surface area contributed by atoms with Crippen molar-refractivity contribution in [2.45, 2.75) is 31.0 Å². The zero-order valence-corrected chi connectivity index (χ0v) is 12.2. The topological polar surface area (TPSA) is 27.8 Å². The Kier molecular flexibility index (Phi) is 3.33. The van der Waals surface area contributed by atoms with Crippen LogP contribution in [0, 0.1) is 0 Å². The van der Waals surface area contributed by atoms with Crippen LogP contribution in [0.1, 0.15) is 24.8 Å². The van der Waals surface area contributed by atoms with Gasteiger partial charge < -0.3 is 4.98 Å². The number of H-pyrrole nitrogens is 1. The summed E-state index contributed by atoms with van der Waals surface area (Å²) in [6.45, 7) is 0.392. The minimum absolute atomic E-state index is 0.0829. The van der Waals surface area contributed by atoms with Crippen molar-refractivity contribution >= 4 is 26.8 Å². The van der Waals surface area contributed by atoms with Crippen LogP contribution in [0.2, 0.25) is 0 Å². The first kappa shape index (κ1) is 13.9. The van der Waals surface area contributed by atoms with Crippen LogP contribution in [0.15, 0.2) is 28.9 Å². The number of rotatable bonds is 1. The van der Waals surface area contributed by atoms with Gasteiger partial charge in [0, 0.05) is 27.1 Å². The Hall–Kier alpha value is -1.01. The van der Waals surface area contributed by atoms with Crippen molar-refractivity contribution in [1.82, 2.24) is 10.3 Å². The quantitative estimate of drug-likeness (QED) is 0.783. The van der Waals surface area contributed by atoms with Crippen LogP contribution in [-0.2, 0) is 5.54 Å². The molecule has 0 saturated carbocycles. The van der Waals surface area contributed by atoms with Crippen molar-refractivity contribution in [1.29, 1.82) is 0 Å². The molecule has 0 amide bonds. The lowest BCUT2D eigenvalue weighted by Gasteiger charge is -2.39. The van der Waals surface area contributed by atoms with Gasteiger partial charge in [-0.15, -0.1) is 0 Å². The molecule has 108 valence electrons. The van der Waals surface area contributed by atoms with E-state index in [2.05, 4.69) is 26.2 Å². The highest BCUT2D eigenvalue weighted by Crippen LogP contribution is 2.46. The minimum atomic E-state index is -4.31. The second-order valence-corrected chi connectivity index (χ2v) is 6.09. The second kappa shape index (κ2) is 4.77. The lowest BCUT2D eigenvalue weighted by molar-refractivity contribution is -0.207. The molecule has 1 fully saturated rings. The van der Waals surface area contributed by atoms with Gasteiger partial charge in [-0.2, -0.15) is 13.2 Å². The number of piperidine rings is 1. The molecule has 2 N–H and O–H groups in total. The van der Waals surface area contributed by atoms with E-state index in [-0.39, 0.29) is 6.42 Å². The summed E-state index contributed by atoms with van der Waals surface area (Å²) in [5.41, 5.74) is -0.922. The molecule has 2 heterocycles. The van der Waals surface area contributed by atoms with Gasteiger partial charge in [-0.25, -0.2) is 0 Å². The number of aromatic amines is 1. The molecule has 0 radical (unpaired) electrons. The zero-order chi connectivity index (χ0) is 14.4. The Bertz CT molecular complexity index is 627. The first-order chi connectivity index (χ1) is 9.44. The van der Waals surface area contributed by atoms with Crippen LogP contribution in [0.5, 0.6) is 0 Å². The maximum atomic E-state index is 13.7. The molecule has 6 heteroatoms. The van der Waals surface area contributed by atoms with Crippen molar-refractivity contribution in [3.8, 4) is 0 Å². The Morgan fingerprint density at radius 3 is 2.65 bits per heavy atom. The van der Waals surface area contributed by atoms with Crippen molar-refractivity contribution in [2.75, 3.05) is 6.54 Å². The summed E-state index contributed by atoms with van der Waals surface area (Å²) in [6.07, 6.45) is -1.38. The summed E-state index contributed by atoms with van der Waals surface area (Å²) in [6, 6.07) is 5.30. The van der Waals surface area contributed by atoms with Gasteiger partial charge in [0.25, 0.3) is 0 Å². The largest absolute Gasteiger partial charge is 0.410 e. The molecule has 1 atom stereocenters. The van der Waals surface area contributed by atoms with E-state index < -0.39 is 11.7 Å². The molecule has 3 rings (SSSR count). The van der Waals surface area contributed by atoms with E-state index in [0.29, 0.717) is 29.4 Å². The molecule has 1 aromatic carbocycles. The van der Waals surface area contributed by atoms with Crippen molar-refractivity contribution in [2.24, 2.45) is 0 Å². The van der Waals surface area contributed by atoms with Gasteiger partial charge in [-0.05, 0) is 37.9 Å². The Balaban J connectivity index is 2.19. The lowest BCUT2D eigenvalue weighted by atomic mass is 9.81. The third-order valence-corrected chi connectivity index (χ3v) is 4.49. The van der Waals surface area contributed by atoms with E-state index in [4.69, 9.17) is 0 Å². The van der Waals surface area contributed by atoms with Gasteiger partial charge in [-0.1, -0.05) is 22.0 Å². The fraction of sp³-hybridized carbons (Fsp3) is 0.429. The van der Waals surface area contributed by atoms with Gasteiger partial charge in [-0.3, -0.25) is 5.32 Å². The van der Waals surface area contributed by atoms with E-state index in [9.17, 15) is 13.2 Å². The van der Waals surface area contributed by atoms with Crippen LogP contribution >= 0.6 is 15.9 Å². The average Bonchev–Trinajstić information content (AvgIpc) is 2.81. The highest BCUT2D eigenvalue weighted by molar-refractivity contribution is 9.10. The molecule has 0 spiro atoms. The van der Waals surface area contributed by atoms with Gasteiger partial charge in [0.05, 0.1) is 0 Å². The Morgan fingerprint density at radius 2 is 2.00 bits per heavy atom. The first-order valence-corrected chi connectivity index (χ1v) is 7.32. The van der Waals surface area contributed by atoms with Crippen molar-refractivity contribution in [3.63, 3.8) is 0 Å². The molecule has 1 unspecified atom stereocenters. The number of benzene rings is 1. The number of hydrogen-bond acceptors (Lipinski definition) is 1. The van der Waals surface area contributed by atoms with Gasteiger partial charge in [0.2, 0.25) is 0 Å². The molecular formula is C14H14BrF3N2. The normalized spacial score (nSPS) is 24.2. The molecule has 20 heavy (non-hydrogen) atoms. The summed E-state index contributed by atoms with van der Waals surface area (Å²) in [5.74, 6) is 0. The third kappa shape index (κ3) is 2.05. The monoisotopic (exact) mass is 346 g/mol. The molecule has 2 aromatic rings. The molecule has 0 aliphatic carbocycles. The SMILES string of the molecule is FC(F)(F)C1(c2c[nH]c3cc(Br)ccc23)CCCCN1. The zero-order valence-electron chi connectivity index (χ0n) is 10.6. The number of alkyl halides is 3. The smallest absolute Gasteiger partial charge is 0.361 e. The summed E-state index contributed by atoms with van der Waals surface area (Å²) >= 11 is 3.33. The van der Waals surface area contributed by atoms with Crippen LogP contribution in [-0.4, -0.2) is 17.7 Å². The number of fused-ring (bicyclic) bond motifs is 1. The predicted octanol–water partition coefficient (Wildman–Crippen LogP) is 4.46. The summed E-state index contributed by atoms with van der Waals surface area (Å²) < 4.78 is 41.9. The summed E-state index contributed by atoms with van der Waals surface area (Å²) in [7, 11) is 0. The van der Waals surface area contributed by atoms with Crippen LogP contribution in [0.4, 0.5) is 13.2 Å². The fourth-order valence-electron chi connectivity index (χ4n) is 2.98. The Labute approximate surface area is 122 Å². The lowest BCUT2D eigenvalue weighted by Crippen LogP contribution is -2.56. The van der Waals surface area contributed by atoms with E-state index in [1.165, 1.54) is 6.20 Å². The minimum Gasteiger partial charge on any atom is -0.361 e.